The van der Waals surface area contributed by atoms with Crippen molar-refractivity contribution in [2.45, 2.75) is 31.1 Å². The van der Waals surface area contributed by atoms with Crippen LogP contribution in [0.2, 0.25) is 0 Å². The lowest BCUT2D eigenvalue weighted by atomic mass is 9.98. The Kier molecular flexibility index (Phi) is 4.50. The maximum Gasteiger partial charge on any atom is 0.197 e. The van der Waals surface area contributed by atoms with Crippen LogP contribution in [-0.2, 0) is 11.3 Å². The number of rotatable bonds is 5. The van der Waals surface area contributed by atoms with E-state index in [1.54, 1.807) is 29.8 Å². The zero-order valence-corrected chi connectivity index (χ0v) is 13.0. The van der Waals surface area contributed by atoms with Crippen molar-refractivity contribution >= 4 is 33.5 Å². The lowest BCUT2D eigenvalue weighted by Crippen LogP contribution is -2.31. The first-order valence-corrected chi connectivity index (χ1v) is 7.75. The van der Waals surface area contributed by atoms with Crippen LogP contribution in [0.1, 0.15) is 30.3 Å². The number of thioether (sulfide) groups is 1. The maximum absolute atomic E-state index is 12.7. The second-order valence-electron chi connectivity index (χ2n) is 4.57. The molecule has 1 saturated heterocycles. The summed E-state index contributed by atoms with van der Waals surface area (Å²) in [6.45, 7) is 3.19. The molecule has 1 aromatic heterocycles. The summed E-state index contributed by atoms with van der Waals surface area (Å²) in [6, 6.07) is 0. The number of methoxy groups -OCH3 is 1. The number of ketones is 1. The summed E-state index contributed by atoms with van der Waals surface area (Å²) in [7, 11) is 1.65. The molecule has 4 nitrogen and oxygen atoms in total. The van der Waals surface area contributed by atoms with E-state index >= 15 is 0 Å². The summed E-state index contributed by atoms with van der Waals surface area (Å²) in [5.74, 6) is 1.23. The highest BCUT2D eigenvalue weighted by atomic mass is 79.9. The first-order valence-electron chi connectivity index (χ1n) is 5.97. The third-order valence-electron chi connectivity index (χ3n) is 3.22. The Hall–Kier alpha value is -0.330. The van der Waals surface area contributed by atoms with E-state index < -0.39 is 0 Å². The molecule has 0 aliphatic carbocycles. The molecule has 0 saturated carbocycles. The van der Waals surface area contributed by atoms with Crippen LogP contribution in [0.4, 0.5) is 0 Å². The number of Topliss-reactive ketones (excluding diaryl/α,β-unsaturated/α-hetero) is 1. The van der Waals surface area contributed by atoms with Crippen molar-refractivity contribution in [3.8, 4) is 0 Å². The van der Waals surface area contributed by atoms with Crippen molar-refractivity contribution in [2.24, 2.45) is 0 Å². The average molecular weight is 333 g/mol. The number of aromatic nitrogens is 2. The van der Waals surface area contributed by atoms with Gasteiger partial charge in [0.1, 0.15) is 5.69 Å². The van der Waals surface area contributed by atoms with E-state index in [1.807, 2.05) is 6.92 Å². The first-order chi connectivity index (χ1) is 8.58. The van der Waals surface area contributed by atoms with Crippen molar-refractivity contribution in [1.29, 1.82) is 0 Å². The smallest absolute Gasteiger partial charge is 0.197 e. The van der Waals surface area contributed by atoms with Gasteiger partial charge in [-0.2, -0.15) is 5.10 Å². The molecule has 1 atom stereocenters. The largest absolute Gasteiger partial charge is 0.383 e. The second-order valence-corrected chi connectivity index (χ2v) is 7.02. The summed E-state index contributed by atoms with van der Waals surface area (Å²) in [6.07, 6.45) is 3.74. The SMILES string of the molecule is COCCn1ncc(Br)c1C(=O)C1(C)CCCS1. The number of ether oxygens (including phenoxy) is 1. The minimum absolute atomic E-state index is 0.172. The van der Waals surface area contributed by atoms with Gasteiger partial charge < -0.3 is 4.74 Å². The Balaban J connectivity index is 2.26. The van der Waals surface area contributed by atoms with Crippen LogP contribution in [0.25, 0.3) is 0 Å². The predicted molar refractivity (Wildman–Crippen MR) is 76.2 cm³/mol. The van der Waals surface area contributed by atoms with Crippen LogP contribution in [0.3, 0.4) is 0 Å². The molecule has 0 spiro atoms. The Bertz CT molecular complexity index is 441. The average Bonchev–Trinajstić information content (AvgIpc) is 2.93. The third kappa shape index (κ3) is 2.65. The fourth-order valence-electron chi connectivity index (χ4n) is 2.14. The molecular formula is C12H17BrN2O2S. The van der Waals surface area contributed by atoms with Crippen LogP contribution in [-0.4, -0.2) is 39.8 Å². The molecule has 0 amide bonds. The van der Waals surface area contributed by atoms with Gasteiger partial charge >= 0.3 is 0 Å². The highest BCUT2D eigenvalue weighted by molar-refractivity contribution is 9.10. The van der Waals surface area contributed by atoms with Gasteiger partial charge in [0, 0.05) is 7.11 Å². The van der Waals surface area contributed by atoms with Gasteiger partial charge in [0.15, 0.2) is 5.78 Å². The topological polar surface area (TPSA) is 44.1 Å². The highest BCUT2D eigenvalue weighted by Crippen LogP contribution is 2.41. The van der Waals surface area contributed by atoms with Crippen LogP contribution >= 0.6 is 27.7 Å². The van der Waals surface area contributed by atoms with Gasteiger partial charge in [-0.3, -0.25) is 9.48 Å². The number of carbonyl (C=O) groups is 1. The van der Waals surface area contributed by atoms with E-state index in [2.05, 4.69) is 21.0 Å². The number of hydrogen-bond donors (Lipinski definition) is 0. The summed E-state index contributed by atoms with van der Waals surface area (Å²) >= 11 is 5.18. The third-order valence-corrected chi connectivity index (χ3v) is 5.32. The fourth-order valence-corrected chi connectivity index (χ4v) is 3.88. The van der Waals surface area contributed by atoms with E-state index in [0.717, 1.165) is 23.1 Å². The summed E-state index contributed by atoms with van der Waals surface area (Å²) in [4.78, 5) is 12.7. The van der Waals surface area contributed by atoms with Gasteiger partial charge in [0.25, 0.3) is 0 Å². The Morgan fingerprint density at radius 3 is 3.11 bits per heavy atom. The summed E-state index contributed by atoms with van der Waals surface area (Å²) < 4.78 is 7.26. The predicted octanol–water partition coefficient (Wildman–Crippen LogP) is 2.76. The molecule has 0 N–H and O–H groups in total. The van der Waals surface area contributed by atoms with Crippen molar-refractivity contribution in [2.75, 3.05) is 19.5 Å². The molecule has 0 radical (unpaired) electrons. The van der Waals surface area contributed by atoms with Crippen molar-refractivity contribution in [3.63, 3.8) is 0 Å². The molecule has 6 heteroatoms. The molecule has 1 unspecified atom stereocenters. The monoisotopic (exact) mass is 332 g/mol. The van der Waals surface area contributed by atoms with E-state index in [-0.39, 0.29) is 10.5 Å². The fraction of sp³-hybridized carbons (Fsp3) is 0.667. The lowest BCUT2D eigenvalue weighted by molar-refractivity contribution is 0.0934. The van der Waals surface area contributed by atoms with Crippen molar-refractivity contribution < 1.29 is 9.53 Å². The standard InChI is InChI=1S/C12H17BrN2O2S/c1-12(4-3-7-18-12)11(16)10-9(13)8-14-15(10)5-6-17-2/h8H,3-7H2,1-2H3. The van der Waals surface area contributed by atoms with Crippen LogP contribution < -0.4 is 0 Å². The summed E-state index contributed by atoms with van der Waals surface area (Å²) in [5, 5.41) is 4.24. The zero-order valence-electron chi connectivity index (χ0n) is 10.6. The molecule has 1 aliphatic heterocycles. The van der Waals surface area contributed by atoms with Gasteiger partial charge in [-0.25, -0.2) is 0 Å². The number of halogens is 1. The molecular weight excluding hydrogens is 316 g/mol. The maximum atomic E-state index is 12.7. The minimum atomic E-state index is -0.298. The molecule has 0 aromatic carbocycles. The Labute approximate surface area is 120 Å². The van der Waals surface area contributed by atoms with Gasteiger partial charge in [-0.1, -0.05) is 0 Å². The molecule has 1 aromatic rings. The normalized spacial score (nSPS) is 23.5. The Morgan fingerprint density at radius 2 is 2.50 bits per heavy atom. The highest BCUT2D eigenvalue weighted by Gasteiger charge is 2.40. The molecule has 2 rings (SSSR count). The minimum Gasteiger partial charge on any atom is -0.383 e. The molecule has 0 bridgehead atoms. The molecule has 100 valence electrons. The first kappa shape index (κ1) is 14.1. The van der Waals surface area contributed by atoms with Gasteiger partial charge in [-0.15, -0.1) is 11.8 Å². The quantitative estimate of drug-likeness (QED) is 0.777. The number of carbonyl (C=O) groups excluding carboxylic acids is 1. The van der Waals surface area contributed by atoms with E-state index in [9.17, 15) is 4.79 Å². The van der Waals surface area contributed by atoms with Gasteiger partial charge in [-0.05, 0) is 41.4 Å². The van der Waals surface area contributed by atoms with Crippen LogP contribution in [0.15, 0.2) is 10.7 Å². The lowest BCUT2D eigenvalue weighted by Gasteiger charge is -2.21. The molecule has 1 fully saturated rings. The molecule has 18 heavy (non-hydrogen) atoms. The van der Waals surface area contributed by atoms with E-state index in [4.69, 9.17) is 4.74 Å². The second kappa shape index (κ2) is 5.75. The number of nitrogens with zero attached hydrogens (tertiary/aromatic N) is 2. The van der Waals surface area contributed by atoms with Gasteiger partial charge in [0.2, 0.25) is 0 Å². The Morgan fingerprint density at radius 1 is 1.72 bits per heavy atom. The van der Waals surface area contributed by atoms with Crippen LogP contribution in [0.5, 0.6) is 0 Å². The summed E-state index contributed by atoms with van der Waals surface area (Å²) in [5.41, 5.74) is 0.670. The van der Waals surface area contributed by atoms with E-state index in [0.29, 0.717) is 18.8 Å². The molecule has 2 heterocycles. The van der Waals surface area contributed by atoms with Crippen LogP contribution in [0, 0.1) is 0 Å². The van der Waals surface area contributed by atoms with E-state index in [1.165, 1.54) is 0 Å². The zero-order chi connectivity index (χ0) is 13.2. The van der Waals surface area contributed by atoms with Crippen molar-refractivity contribution in [3.05, 3.63) is 16.4 Å². The van der Waals surface area contributed by atoms with Crippen molar-refractivity contribution in [1.82, 2.24) is 9.78 Å². The molecule has 1 aliphatic rings. The van der Waals surface area contributed by atoms with Gasteiger partial charge in [0.05, 0.1) is 28.6 Å². The number of hydrogen-bond acceptors (Lipinski definition) is 4.